The Labute approximate surface area is 151 Å². The van der Waals surface area contributed by atoms with Gasteiger partial charge in [-0.3, -0.25) is 4.79 Å². The van der Waals surface area contributed by atoms with Crippen LogP contribution in [-0.4, -0.2) is 16.0 Å². The van der Waals surface area contributed by atoms with Gasteiger partial charge in [0.25, 0.3) is 5.91 Å². The quantitative estimate of drug-likeness (QED) is 0.753. The first-order valence-corrected chi connectivity index (χ1v) is 8.77. The first-order valence-electron chi connectivity index (χ1n) is 8.77. The number of primary amides is 1. The Kier molecular flexibility index (Phi) is 4.21. The van der Waals surface area contributed by atoms with E-state index in [0.717, 1.165) is 53.6 Å². The van der Waals surface area contributed by atoms with E-state index >= 15 is 0 Å². The van der Waals surface area contributed by atoms with Crippen LogP contribution in [0.1, 0.15) is 45.5 Å². The van der Waals surface area contributed by atoms with Crippen LogP contribution in [0.15, 0.2) is 47.4 Å². The summed E-state index contributed by atoms with van der Waals surface area (Å²) in [5.74, 6) is -0.518. The fourth-order valence-corrected chi connectivity index (χ4v) is 3.73. The number of nitrogens with zero attached hydrogens (tertiary/aromatic N) is 1. The van der Waals surface area contributed by atoms with Crippen molar-refractivity contribution in [2.75, 3.05) is 0 Å². The second kappa shape index (κ2) is 6.67. The normalized spacial score (nSPS) is 13.4. The van der Waals surface area contributed by atoms with E-state index in [4.69, 9.17) is 10.2 Å². The number of hydrogen-bond acceptors (Lipinski definition) is 4. The number of rotatable bonds is 4. The summed E-state index contributed by atoms with van der Waals surface area (Å²) in [7, 11) is 0. The van der Waals surface area contributed by atoms with Crippen molar-refractivity contribution < 1.29 is 14.3 Å². The molecule has 0 aliphatic heterocycles. The molecule has 0 atom stereocenters. The molecule has 1 heterocycles. The molecule has 0 spiro atoms. The van der Waals surface area contributed by atoms with Crippen molar-refractivity contribution in [2.45, 2.75) is 32.1 Å². The molecule has 0 fully saturated rings. The summed E-state index contributed by atoms with van der Waals surface area (Å²) in [6, 6.07) is 9.88. The van der Waals surface area contributed by atoms with Crippen molar-refractivity contribution in [2.24, 2.45) is 5.73 Å². The standard InChI is InChI=1S/C21H20N2O3/c22-21(25)18-10-15(16-3-1-2-4-17(16)20(18)24)9-13-5-7-14(8-6-13)19-11-26-12-23-19/h5-8,10-12,24H,1-4,9H2,(H2,22,25). The lowest BCUT2D eigenvalue weighted by Crippen LogP contribution is -2.16. The highest BCUT2D eigenvalue weighted by Crippen LogP contribution is 2.35. The molecule has 0 bridgehead atoms. The molecule has 5 nitrogen and oxygen atoms in total. The topological polar surface area (TPSA) is 89.4 Å². The van der Waals surface area contributed by atoms with E-state index in [0.29, 0.717) is 6.42 Å². The predicted molar refractivity (Wildman–Crippen MR) is 98.0 cm³/mol. The maximum Gasteiger partial charge on any atom is 0.252 e. The molecule has 1 aliphatic rings. The van der Waals surface area contributed by atoms with Crippen LogP contribution in [0, 0.1) is 0 Å². The Hall–Kier alpha value is -3.08. The molecule has 26 heavy (non-hydrogen) atoms. The lowest BCUT2D eigenvalue weighted by Gasteiger charge is -2.22. The zero-order valence-electron chi connectivity index (χ0n) is 14.4. The van der Waals surface area contributed by atoms with Gasteiger partial charge in [0.05, 0.1) is 5.56 Å². The summed E-state index contributed by atoms with van der Waals surface area (Å²) < 4.78 is 5.03. The molecule has 1 aliphatic carbocycles. The fraction of sp³-hybridized carbons (Fsp3) is 0.238. The van der Waals surface area contributed by atoms with Gasteiger partial charge in [0.15, 0.2) is 6.39 Å². The van der Waals surface area contributed by atoms with Crippen molar-refractivity contribution in [3.8, 4) is 17.0 Å². The monoisotopic (exact) mass is 348 g/mol. The van der Waals surface area contributed by atoms with E-state index in [-0.39, 0.29) is 11.3 Å². The second-order valence-corrected chi connectivity index (χ2v) is 6.71. The van der Waals surface area contributed by atoms with E-state index in [9.17, 15) is 9.90 Å². The third-order valence-electron chi connectivity index (χ3n) is 5.06. The minimum Gasteiger partial charge on any atom is -0.507 e. The Morgan fingerprint density at radius 3 is 2.54 bits per heavy atom. The highest BCUT2D eigenvalue weighted by molar-refractivity contribution is 5.96. The number of amides is 1. The predicted octanol–water partition coefficient (Wildman–Crippen LogP) is 3.62. The minimum absolute atomic E-state index is 0.0670. The zero-order chi connectivity index (χ0) is 18.1. The Morgan fingerprint density at radius 2 is 1.88 bits per heavy atom. The van der Waals surface area contributed by atoms with Gasteiger partial charge < -0.3 is 15.3 Å². The average molecular weight is 348 g/mol. The van der Waals surface area contributed by atoms with Crippen LogP contribution < -0.4 is 5.73 Å². The third kappa shape index (κ3) is 2.96. The van der Waals surface area contributed by atoms with E-state index in [2.05, 4.69) is 17.1 Å². The minimum atomic E-state index is -0.585. The molecule has 4 rings (SSSR count). The number of fused-ring (bicyclic) bond motifs is 1. The zero-order valence-corrected chi connectivity index (χ0v) is 14.4. The molecule has 0 saturated carbocycles. The van der Waals surface area contributed by atoms with Crippen LogP contribution in [0.3, 0.4) is 0 Å². The van der Waals surface area contributed by atoms with Gasteiger partial charge in [-0.2, -0.15) is 0 Å². The first kappa shape index (κ1) is 16.4. The van der Waals surface area contributed by atoms with Gasteiger partial charge >= 0.3 is 0 Å². The molecule has 2 aromatic carbocycles. The van der Waals surface area contributed by atoms with Crippen LogP contribution in [-0.2, 0) is 19.3 Å². The van der Waals surface area contributed by atoms with Crippen molar-refractivity contribution in [3.05, 3.63) is 70.8 Å². The maximum atomic E-state index is 11.7. The molecule has 1 amide bonds. The first-order chi connectivity index (χ1) is 12.6. The summed E-state index contributed by atoms with van der Waals surface area (Å²) in [5, 5.41) is 10.4. The summed E-state index contributed by atoms with van der Waals surface area (Å²) in [4.78, 5) is 15.9. The van der Waals surface area contributed by atoms with Gasteiger partial charge in [-0.1, -0.05) is 24.3 Å². The number of phenols is 1. The SMILES string of the molecule is NC(=O)c1cc(Cc2ccc(-c3cocn3)cc2)c2c(c1O)CCCC2. The van der Waals surface area contributed by atoms with Crippen LogP contribution in [0.25, 0.3) is 11.3 Å². The van der Waals surface area contributed by atoms with Crippen molar-refractivity contribution >= 4 is 5.91 Å². The van der Waals surface area contributed by atoms with Crippen LogP contribution in [0.5, 0.6) is 5.75 Å². The lowest BCUT2D eigenvalue weighted by molar-refractivity contribution is 0.0997. The van der Waals surface area contributed by atoms with Gasteiger partial charge in [0, 0.05) is 5.56 Å². The number of carbonyl (C=O) groups excluding carboxylic acids is 1. The van der Waals surface area contributed by atoms with Crippen LogP contribution in [0.2, 0.25) is 0 Å². The highest BCUT2D eigenvalue weighted by atomic mass is 16.3. The summed E-state index contributed by atoms with van der Waals surface area (Å²) >= 11 is 0. The van der Waals surface area contributed by atoms with E-state index < -0.39 is 5.91 Å². The number of aromatic nitrogens is 1. The number of aromatic hydroxyl groups is 1. The largest absolute Gasteiger partial charge is 0.507 e. The van der Waals surface area contributed by atoms with Gasteiger partial charge in [0.1, 0.15) is 17.7 Å². The molecule has 1 aromatic heterocycles. The van der Waals surface area contributed by atoms with E-state index in [1.807, 2.05) is 12.1 Å². The van der Waals surface area contributed by atoms with E-state index in [1.54, 1.807) is 12.3 Å². The lowest BCUT2D eigenvalue weighted by atomic mass is 9.83. The number of nitrogens with two attached hydrogens (primary N) is 1. The number of oxazole rings is 1. The van der Waals surface area contributed by atoms with Gasteiger partial charge in [0.2, 0.25) is 0 Å². The molecular formula is C21H20N2O3. The summed E-state index contributed by atoms with van der Waals surface area (Å²) in [6.07, 6.45) is 7.56. The Bertz CT molecular complexity index is 944. The van der Waals surface area contributed by atoms with Crippen LogP contribution in [0.4, 0.5) is 0 Å². The summed E-state index contributed by atoms with van der Waals surface area (Å²) in [5.41, 5.74) is 11.7. The molecule has 0 saturated heterocycles. The molecule has 0 radical (unpaired) electrons. The second-order valence-electron chi connectivity index (χ2n) is 6.71. The van der Waals surface area contributed by atoms with Gasteiger partial charge in [-0.05, 0) is 60.4 Å². The smallest absolute Gasteiger partial charge is 0.252 e. The fourth-order valence-electron chi connectivity index (χ4n) is 3.73. The molecule has 5 heteroatoms. The molecule has 132 valence electrons. The number of carbonyl (C=O) groups is 1. The molecular weight excluding hydrogens is 328 g/mol. The van der Waals surface area contributed by atoms with Crippen LogP contribution >= 0.6 is 0 Å². The summed E-state index contributed by atoms with van der Waals surface area (Å²) in [6.45, 7) is 0. The number of hydrogen-bond donors (Lipinski definition) is 2. The van der Waals surface area contributed by atoms with Gasteiger partial charge in [-0.25, -0.2) is 4.98 Å². The molecule has 0 unspecified atom stereocenters. The highest BCUT2D eigenvalue weighted by Gasteiger charge is 2.22. The van der Waals surface area contributed by atoms with Crippen molar-refractivity contribution in [1.29, 1.82) is 0 Å². The maximum absolute atomic E-state index is 11.7. The van der Waals surface area contributed by atoms with Crippen molar-refractivity contribution in [3.63, 3.8) is 0 Å². The van der Waals surface area contributed by atoms with E-state index in [1.165, 1.54) is 12.0 Å². The Balaban J connectivity index is 1.69. The Morgan fingerprint density at radius 1 is 1.15 bits per heavy atom. The molecule has 3 aromatic rings. The third-order valence-corrected chi connectivity index (χ3v) is 5.06. The molecule has 3 N–H and O–H groups in total. The van der Waals surface area contributed by atoms with Crippen molar-refractivity contribution in [1.82, 2.24) is 4.98 Å². The van der Waals surface area contributed by atoms with Gasteiger partial charge in [-0.15, -0.1) is 0 Å². The number of benzene rings is 2. The average Bonchev–Trinajstić information content (AvgIpc) is 3.19.